The van der Waals surface area contributed by atoms with Crippen LogP contribution in [0.25, 0.3) is 0 Å². The van der Waals surface area contributed by atoms with Crippen molar-refractivity contribution in [3.05, 3.63) is 35.6 Å². The molecule has 2 unspecified atom stereocenters. The van der Waals surface area contributed by atoms with Crippen LogP contribution in [0.5, 0.6) is 0 Å². The molecule has 2 saturated carbocycles. The molecule has 1 aromatic carbocycles. The summed E-state index contributed by atoms with van der Waals surface area (Å²) in [5.74, 6) is -0.0690. The van der Waals surface area contributed by atoms with Crippen molar-refractivity contribution in [1.29, 1.82) is 0 Å². The Balaban J connectivity index is 1.92. The molecular weight excluding hydrogens is 223 g/mol. The van der Waals surface area contributed by atoms with E-state index in [0.717, 1.165) is 0 Å². The summed E-state index contributed by atoms with van der Waals surface area (Å²) in [7, 11) is 0. The first kappa shape index (κ1) is 12.2. The number of halogens is 1. The maximum atomic E-state index is 13.5. The van der Waals surface area contributed by atoms with Crippen LogP contribution in [0.1, 0.15) is 63.9 Å². The molecule has 0 saturated heterocycles. The predicted molar refractivity (Wildman–Crippen MR) is 73.1 cm³/mol. The molecule has 2 aliphatic carbocycles. The van der Waals surface area contributed by atoms with Gasteiger partial charge in [-0.3, -0.25) is 0 Å². The van der Waals surface area contributed by atoms with Crippen LogP contribution in [0, 0.1) is 11.2 Å². The van der Waals surface area contributed by atoms with Crippen molar-refractivity contribution in [1.82, 2.24) is 0 Å². The van der Waals surface area contributed by atoms with Crippen molar-refractivity contribution in [2.45, 2.75) is 63.7 Å². The molecule has 18 heavy (non-hydrogen) atoms. The molecule has 0 amide bonds. The molecule has 3 rings (SSSR count). The smallest absolute Gasteiger partial charge is 0.123 e. The topological polar surface area (TPSA) is 0 Å². The first-order valence-electron chi connectivity index (χ1n) is 7.44. The highest BCUT2D eigenvalue weighted by atomic mass is 19.1. The lowest BCUT2D eigenvalue weighted by molar-refractivity contribution is 0.174. The molecule has 2 atom stereocenters. The standard InChI is InChI=1S/C17H23F/c1-2-7-16-8-4-9-17(13-16,11-10-16)14-5-3-6-15(18)12-14/h3,5-6,12H,2,4,7-11,13H2,1H3. The minimum Gasteiger partial charge on any atom is -0.207 e. The average molecular weight is 246 g/mol. The Morgan fingerprint density at radius 3 is 2.83 bits per heavy atom. The molecule has 2 aliphatic rings. The molecule has 1 aromatic rings. The fourth-order valence-corrected chi connectivity index (χ4v) is 4.71. The summed E-state index contributed by atoms with van der Waals surface area (Å²) in [5, 5.41) is 0. The lowest BCUT2D eigenvalue weighted by Crippen LogP contribution is -2.31. The minimum absolute atomic E-state index is 0.0690. The summed E-state index contributed by atoms with van der Waals surface area (Å²) in [6.07, 6.45) is 10.6. The van der Waals surface area contributed by atoms with Gasteiger partial charge in [-0.25, -0.2) is 4.39 Å². The first-order chi connectivity index (χ1) is 8.68. The fraction of sp³-hybridized carbons (Fsp3) is 0.647. The maximum absolute atomic E-state index is 13.5. The number of rotatable bonds is 3. The van der Waals surface area contributed by atoms with Crippen LogP contribution in [0.3, 0.4) is 0 Å². The Morgan fingerprint density at radius 2 is 2.06 bits per heavy atom. The molecular formula is C17H23F. The van der Waals surface area contributed by atoms with Crippen molar-refractivity contribution >= 4 is 0 Å². The third-order valence-corrected chi connectivity index (χ3v) is 5.43. The van der Waals surface area contributed by atoms with Gasteiger partial charge in [0.15, 0.2) is 0 Å². The second kappa shape index (κ2) is 4.36. The largest absolute Gasteiger partial charge is 0.207 e. The van der Waals surface area contributed by atoms with Gasteiger partial charge in [0, 0.05) is 0 Å². The van der Waals surface area contributed by atoms with Gasteiger partial charge in [-0.15, -0.1) is 0 Å². The molecule has 0 aliphatic heterocycles. The Bertz CT molecular complexity index is 435. The highest BCUT2D eigenvalue weighted by Crippen LogP contribution is 2.61. The molecule has 0 spiro atoms. The number of benzene rings is 1. The molecule has 98 valence electrons. The van der Waals surface area contributed by atoms with E-state index in [9.17, 15) is 4.39 Å². The van der Waals surface area contributed by atoms with Gasteiger partial charge in [-0.05, 0) is 67.1 Å². The van der Waals surface area contributed by atoms with Crippen LogP contribution in [0.4, 0.5) is 4.39 Å². The first-order valence-corrected chi connectivity index (χ1v) is 7.44. The van der Waals surface area contributed by atoms with Gasteiger partial charge < -0.3 is 0 Å². The summed E-state index contributed by atoms with van der Waals surface area (Å²) in [6.45, 7) is 2.30. The Kier molecular flexibility index (Phi) is 2.96. The summed E-state index contributed by atoms with van der Waals surface area (Å²) in [4.78, 5) is 0. The second-order valence-corrected chi connectivity index (χ2v) is 6.57. The van der Waals surface area contributed by atoms with Crippen LogP contribution in [0.15, 0.2) is 24.3 Å². The monoisotopic (exact) mass is 246 g/mol. The molecule has 2 bridgehead atoms. The average Bonchev–Trinajstić information content (AvgIpc) is 2.63. The lowest BCUT2D eigenvalue weighted by Gasteiger charge is -2.40. The highest BCUT2D eigenvalue weighted by molar-refractivity contribution is 5.29. The van der Waals surface area contributed by atoms with E-state index in [-0.39, 0.29) is 5.82 Å². The van der Waals surface area contributed by atoms with E-state index in [4.69, 9.17) is 0 Å². The Labute approximate surface area is 110 Å². The molecule has 0 aromatic heterocycles. The van der Waals surface area contributed by atoms with Crippen LogP contribution in [-0.2, 0) is 5.41 Å². The van der Waals surface area contributed by atoms with E-state index in [1.165, 1.54) is 56.9 Å². The molecule has 0 heterocycles. The zero-order valence-electron chi connectivity index (χ0n) is 11.3. The second-order valence-electron chi connectivity index (χ2n) is 6.57. The SMILES string of the molecule is CCCC12CCCC(c3cccc(F)c3)(CC1)C2. The summed E-state index contributed by atoms with van der Waals surface area (Å²) in [6, 6.07) is 7.38. The van der Waals surface area contributed by atoms with Gasteiger partial charge in [0.25, 0.3) is 0 Å². The Morgan fingerprint density at radius 1 is 1.17 bits per heavy atom. The summed E-state index contributed by atoms with van der Waals surface area (Å²) >= 11 is 0. The van der Waals surface area contributed by atoms with Crippen LogP contribution in [-0.4, -0.2) is 0 Å². The van der Waals surface area contributed by atoms with Gasteiger partial charge >= 0.3 is 0 Å². The van der Waals surface area contributed by atoms with Crippen molar-refractivity contribution in [3.8, 4) is 0 Å². The van der Waals surface area contributed by atoms with E-state index in [1.807, 2.05) is 6.07 Å². The third-order valence-electron chi connectivity index (χ3n) is 5.43. The predicted octanol–water partition coefficient (Wildman–Crippen LogP) is 5.22. The van der Waals surface area contributed by atoms with Crippen molar-refractivity contribution in [2.75, 3.05) is 0 Å². The number of fused-ring (bicyclic) bond motifs is 2. The molecule has 0 radical (unpaired) electrons. The fourth-order valence-electron chi connectivity index (χ4n) is 4.71. The van der Waals surface area contributed by atoms with E-state index in [2.05, 4.69) is 13.0 Å². The van der Waals surface area contributed by atoms with Crippen LogP contribution < -0.4 is 0 Å². The van der Waals surface area contributed by atoms with Crippen LogP contribution in [0.2, 0.25) is 0 Å². The van der Waals surface area contributed by atoms with E-state index in [0.29, 0.717) is 10.8 Å². The zero-order valence-corrected chi connectivity index (χ0v) is 11.3. The minimum atomic E-state index is -0.0690. The quantitative estimate of drug-likeness (QED) is 0.686. The summed E-state index contributed by atoms with van der Waals surface area (Å²) < 4.78 is 13.5. The van der Waals surface area contributed by atoms with Gasteiger partial charge in [-0.1, -0.05) is 31.9 Å². The van der Waals surface area contributed by atoms with Gasteiger partial charge in [0.2, 0.25) is 0 Å². The third kappa shape index (κ3) is 1.88. The maximum Gasteiger partial charge on any atom is 0.123 e. The van der Waals surface area contributed by atoms with E-state index >= 15 is 0 Å². The van der Waals surface area contributed by atoms with E-state index < -0.39 is 0 Å². The lowest BCUT2D eigenvalue weighted by atomic mass is 9.65. The van der Waals surface area contributed by atoms with Crippen molar-refractivity contribution in [3.63, 3.8) is 0 Å². The Hall–Kier alpha value is -0.850. The summed E-state index contributed by atoms with van der Waals surface area (Å²) in [5.41, 5.74) is 2.15. The highest BCUT2D eigenvalue weighted by Gasteiger charge is 2.50. The number of hydrogen-bond acceptors (Lipinski definition) is 0. The van der Waals surface area contributed by atoms with E-state index in [1.54, 1.807) is 12.1 Å². The van der Waals surface area contributed by atoms with Gasteiger partial charge in [0.05, 0.1) is 0 Å². The van der Waals surface area contributed by atoms with Crippen LogP contribution >= 0.6 is 0 Å². The van der Waals surface area contributed by atoms with Gasteiger partial charge in [0.1, 0.15) is 5.82 Å². The molecule has 0 nitrogen and oxygen atoms in total. The molecule has 1 heteroatoms. The molecule has 2 fully saturated rings. The molecule has 0 N–H and O–H groups in total. The van der Waals surface area contributed by atoms with Crippen molar-refractivity contribution in [2.24, 2.45) is 5.41 Å². The van der Waals surface area contributed by atoms with Crippen molar-refractivity contribution < 1.29 is 4.39 Å². The van der Waals surface area contributed by atoms with Gasteiger partial charge in [-0.2, -0.15) is 0 Å². The zero-order chi connectivity index (χ0) is 12.6. The number of hydrogen-bond donors (Lipinski definition) is 0. The normalized spacial score (nSPS) is 34.8.